The molecular formula is C22H19NO2. The van der Waals surface area contributed by atoms with Crippen LogP contribution < -0.4 is 5.32 Å². The summed E-state index contributed by atoms with van der Waals surface area (Å²) in [6, 6.07) is 27.2. The van der Waals surface area contributed by atoms with Gasteiger partial charge in [-0.2, -0.15) is 0 Å². The highest BCUT2D eigenvalue weighted by molar-refractivity contribution is 5.99. The van der Waals surface area contributed by atoms with Gasteiger partial charge in [-0.1, -0.05) is 78.9 Å². The van der Waals surface area contributed by atoms with Gasteiger partial charge in [0.1, 0.15) is 0 Å². The van der Waals surface area contributed by atoms with Gasteiger partial charge in [0.05, 0.1) is 0 Å². The minimum Gasteiger partial charge on any atom is -0.366 e. The summed E-state index contributed by atoms with van der Waals surface area (Å²) in [6.07, 6.45) is 0.621. The largest absolute Gasteiger partial charge is 0.366 e. The van der Waals surface area contributed by atoms with Crippen molar-refractivity contribution in [1.29, 1.82) is 0 Å². The molecule has 0 fully saturated rings. The van der Waals surface area contributed by atoms with Crippen LogP contribution >= 0.6 is 0 Å². The van der Waals surface area contributed by atoms with Crippen LogP contribution in [0.25, 0.3) is 0 Å². The van der Waals surface area contributed by atoms with E-state index in [0.29, 0.717) is 17.5 Å². The molecular weight excluding hydrogens is 310 g/mol. The average molecular weight is 329 g/mol. The minimum atomic E-state index is -1.43. The summed E-state index contributed by atoms with van der Waals surface area (Å²) in [5.41, 5.74) is 1.86. The number of amides is 1. The number of carbonyl (C=O) groups excluding carboxylic acids is 1. The number of rotatable bonds is 4. The summed E-state index contributed by atoms with van der Waals surface area (Å²) < 4.78 is 0. The highest BCUT2D eigenvalue weighted by Crippen LogP contribution is 2.42. The van der Waals surface area contributed by atoms with Gasteiger partial charge in [0.15, 0.2) is 5.72 Å². The maximum Gasteiger partial charge on any atom is 0.254 e. The van der Waals surface area contributed by atoms with Crippen LogP contribution in [0.4, 0.5) is 0 Å². The van der Waals surface area contributed by atoms with Crippen molar-refractivity contribution in [3.8, 4) is 0 Å². The highest BCUT2D eigenvalue weighted by Gasteiger charge is 2.47. The lowest BCUT2D eigenvalue weighted by atomic mass is 9.80. The Kier molecular flexibility index (Phi) is 3.86. The second kappa shape index (κ2) is 6.19. The van der Waals surface area contributed by atoms with E-state index in [9.17, 15) is 9.90 Å². The fourth-order valence-corrected chi connectivity index (χ4v) is 3.64. The molecule has 0 aromatic heterocycles. The predicted molar refractivity (Wildman–Crippen MR) is 97.1 cm³/mol. The Morgan fingerprint density at radius 1 is 0.840 bits per heavy atom. The monoisotopic (exact) mass is 329 g/mol. The fourth-order valence-electron chi connectivity index (χ4n) is 3.64. The van der Waals surface area contributed by atoms with E-state index >= 15 is 0 Å². The number of fused-ring (bicyclic) bond motifs is 1. The van der Waals surface area contributed by atoms with E-state index in [1.54, 1.807) is 6.07 Å². The molecule has 0 aliphatic carbocycles. The van der Waals surface area contributed by atoms with Gasteiger partial charge in [-0.15, -0.1) is 0 Å². The zero-order chi connectivity index (χ0) is 17.3. The number of nitrogens with one attached hydrogen (secondary N) is 1. The van der Waals surface area contributed by atoms with Crippen LogP contribution in [0.15, 0.2) is 84.9 Å². The SMILES string of the molecule is O=C1N[C@@](O)([C@@H](Cc2ccccc2)c2ccccc2)c2ccccc21. The van der Waals surface area contributed by atoms with Crippen LogP contribution in [-0.4, -0.2) is 11.0 Å². The van der Waals surface area contributed by atoms with Gasteiger partial charge in [0, 0.05) is 17.0 Å². The van der Waals surface area contributed by atoms with E-state index in [-0.39, 0.29) is 11.8 Å². The second-order valence-electron chi connectivity index (χ2n) is 6.42. The van der Waals surface area contributed by atoms with E-state index in [4.69, 9.17) is 0 Å². The summed E-state index contributed by atoms with van der Waals surface area (Å²) in [5, 5.41) is 14.4. The van der Waals surface area contributed by atoms with Crippen molar-refractivity contribution >= 4 is 5.91 Å². The smallest absolute Gasteiger partial charge is 0.254 e. The van der Waals surface area contributed by atoms with Crippen molar-refractivity contribution in [2.24, 2.45) is 0 Å². The van der Waals surface area contributed by atoms with E-state index in [2.05, 4.69) is 5.32 Å². The van der Waals surface area contributed by atoms with Crippen LogP contribution in [0.2, 0.25) is 0 Å². The van der Waals surface area contributed by atoms with Crippen LogP contribution in [0.5, 0.6) is 0 Å². The zero-order valence-electron chi connectivity index (χ0n) is 13.7. The third kappa shape index (κ3) is 2.73. The van der Waals surface area contributed by atoms with Gasteiger partial charge in [0.25, 0.3) is 5.91 Å². The third-order valence-electron chi connectivity index (χ3n) is 4.88. The molecule has 1 aliphatic rings. The standard InChI is InChI=1S/C22H19NO2/c24-21-18-13-7-8-14-19(18)22(25,23-21)20(17-11-5-2-6-12-17)15-16-9-3-1-4-10-16/h1-14,20,25H,15H2,(H,23,24)/t20-,22-/m0/s1. The molecule has 2 N–H and O–H groups in total. The predicted octanol–water partition coefficient (Wildman–Crippen LogP) is 3.60. The molecule has 1 amide bonds. The lowest BCUT2D eigenvalue weighted by Crippen LogP contribution is -2.45. The number of hydrogen-bond acceptors (Lipinski definition) is 2. The van der Waals surface area contributed by atoms with Crippen molar-refractivity contribution < 1.29 is 9.90 Å². The van der Waals surface area contributed by atoms with Crippen molar-refractivity contribution in [2.45, 2.75) is 18.1 Å². The summed E-state index contributed by atoms with van der Waals surface area (Å²) in [7, 11) is 0. The van der Waals surface area contributed by atoms with E-state index in [1.807, 2.05) is 78.9 Å². The third-order valence-corrected chi connectivity index (χ3v) is 4.88. The molecule has 4 rings (SSSR count). The summed E-state index contributed by atoms with van der Waals surface area (Å²) in [4.78, 5) is 12.4. The minimum absolute atomic E-state index is 0.230. The van der Waals surface area contributed by atoms with Crippen molar-refractivity contribution in [1.82, 2.24) is 5.32 Å². The maximum atomic E-state index is 12.4. The number of carbonyl (C=O) groups is 1. The van der Waals surface area contributed by atoms with E-state index in [0.717, 1.165) is 11.1 Å². The Hall–Kier alpha value is -2.91. The quantitative estimate of drug-likeness (QED) is 0.768. The first-order valence-electron chi connectivity index (χ1n) is 8.42. The van der Waals surface area contributed by atoms with Gasteiger partial charge in [-0.25, -0.2) is 0 Å². The molecule has 3 nitrogen and oxygen atoms in total. The first-order valence-corrected chi connectivity index (χ1v) is 8.42. The van der Waals surface area contributed by atoms with Gasteiger partial charge < -0.3 is 10.4 Å². The maximum absolute atomic E-state index is 12.4. The zero-order valence-corrected chi connectivity index (χ0v) is 13.7. The Balaban J connectivity index is 1.83. The molecule has 1 aliphatic heterocycles. The van der Waals surface area contributed by atoms with Gasteiger partial charge in [-0.3, -0.25) is 4.79 Å². The topological polar surface area (TPSA) is 49.3 Å². The lowest BCUT2D eigenvalue weighted by molar-refractivity contribution is -0.0129. The molecule has 0 saturated heterocycles. The number of benzene rings is 3. The molecule has 1 heterocycles. The van der Waals surface area contributed by atoms with Crippen molar-refractivity contribution in [2.75, 3.05) is 0 Å². The summed E-state index contributed by atoms with van der Waals surface area (Å²) >= 11 is 0. The molecule has 3 heteroatoms. The fraction of sp³-hybridized carbons (Fsp3) is 0.136. The number of hydrogen-bond donors (Lipinski definition) is 2. The van der Waals surface area contributed by atoms with Crippen LogP contribution in [0.3, 0.4) is 0 Å². The molecule has 124 valence electrons. The molecule has 0 unspecified atom stereocenters. The molecule has 0 bridgehead atoms. The Labute approximate surface area is 147 Å². The molecule has 2 atom stereocenters. The molecule has 0 saturated carbocycles. The number of aliphatic hydroxyl groups is 1. The van der Waals surface area contributed by atoms with E-state index < -0.39 is 5.72 Å². The molecule has 3 aromatic rings. The highest BCUT2D eigenvalue weighted by atomic mass is 16.3. The summed E-state index contributed by atoms with van der Waals surface area (Å²) in [6.45, 7) is 0. The second-order valence-corrected chi connectivity index (χ2v) is 6.42. The van der Waals surface area contributed by atoms with Crippen molar-refractivity contribution in [3.05, 3.63) is 107 Å². The van der Waals surface area contributed by atoms with Gasteiger partial charge >= 0.3 is 0 Å². The van der Waals surface area contributed by atoms with Crippen molar-refractivity contribution in [3.63, 3.8) is 0 Å². The average Bonchev–Trinajstić information content (AvgIpc) is 2.93. The Morgan fingerprint density at radius 2 is 1.44 bits per heavy atom. The summed E-state index contributed by atoms with van der Waals surface area (Å²) in [5.74, 6) is -0.518. The molecule has 0 spiro atoms. The lowest BCUT2D eigenvalue weighted by Gasteiger charge is -2.34. The first-order chi connectivity index (χ1) is 12.2. The van der Waals surface area contributed by atoms with Crippen LogP contribution in [0, 0.1) is 0 Å². The molecule has 0 radical (unpaired) electrons. The normalized spacial score (nSPS) is 20.0. The van der Waals surface area contributed by atoms with Gasteiger partial charge in [-0.05, 0) is 23.6 Å². The van der Waals surface area contributed by atoms with Gasteiger partial charge in [0.2, 0.25) is 0 Å². The first kappa shape index (κ1) is 15.6. The Morgan fingerprint density at radius 3 is 2.16 bits per heavy atom. The Bertz CT molecular complexity index is 892. The molecule has 25 heavy (non-hydrogen) atoms. The van der Waals surface area contributed by atoms with E-state index in [1.165, 1.54) is 0 Å². The van der Waals surface area contributed by atoms with Crippen LogP contribution in [0.1, 0.15) is 33.0 Å². The molecule has 3 aromatic carbocycles. The van der Waals surface area contributed by atoms with Crippen LogP contribution in [-0.2, 0) is 12.1 Å².